The van der Waals surface area contributed by atoms with Gasteiger partial charge in [-0.3, -0.25) is 10.1 Å². The second-order valence-electron chi connectivity index (χ2n) is 3.86. The third-order valence-corrected chi connectivity index (χ3v) is 2.49. The quantitative estimate of drug-likeness (QED) is 0.356. The maximum absolute atomic E-state index is 10.5. The zero-order valence-electron chi connectivity index (χ0n) is 9.87. The Morgan fingerprint density at radius 3 is 2.59 bits per heavy atom. The number of unbranched alkanes of at least 4 members (excludes halogenated alkanes) is 2. The molecule has 0 saturated carbocycles. The Kier molecular flexibility index (Phi) is 5.36. The second kappa shape index (κ2) is 6.81. The number of rotatable bonds is 6. The van der Waals surface area contributed by atoms with Crippen LogP contribution in [0.15, 0.2) is 36.4 Å². The van der Waals surface area contributed by atoms with Gasteiger partial charge in [0.25, 0.3) is 5.69 Å². The molecule has 92 valence electrons. The van der Waals surface area contributed by atoms with Gasteiger partial charge in [-0.1, -0.05) is 31.9 Å². The summed E-state index contributed by atoms with van der Waals surface area (Å²) in [5.41, 5.74) is 0.708. The predicted octanol–water partition coefficient (Wildman–Crippen LogP) is 3.37. The molecular weight excluding hydrogens is 218 g/mol. The first-order valence-electron chi connectivity index (χ1n) is 5.74. The van der Waals surface area contributed by atoms with Gasteiger partial charge in [-0.25, -0.2) is 0 Å². The van der Waals surface area contributed by atoms with Crippen molar-refractivity contribution in [3.63, 3.8) is 0 Å². The van der Waals surface area contributed by atoms with Gasteiger partial charge < -0.3 is 5.11 Å². The van der Waals surface area contributed by atoms with Gasteiger partial charge in [0, 0.05) is 12.1 Å². The van der Waals surface area contributed by atoms with E-state index in [1.807, 2.05) is 6.08 Å². The fourth-order valence-electron chi connectivity index (χ4n) is 1.45. The lowest BCUT2D eigenvalue weighted by Crippen LogP contribution is -1.94. The molecule has 1 aromatic carbocycles. The fraction of sp³-hybridized carbons (Fsp3) is 0.385. The molecule has 0 fully saturated rings. The van der Waals surface area contributed by atoms with Crippen LogP contribution in [0.2, 0.25) is 0 Å². The molecule has 0 amide bonds. The highest BCUT2D eigenvalue weighted by molar-refractivity contribution is 5.34. The van der Waals surface area contributed by atoms with E-state index in [4.69, 9.17) is 0 Å². The first kappa shape index (κ1) is 13.4. The minimum absolute atomic E-state index is 0.0379. The first-order valence-corrected chi connectivity index (χ1v) is 5.74. The van der Waals surface area contributed by atoms with E-state index < -0.39 is 11.0 Å². The lowest BCUT2D eigenvalue weighted by Gasteiger charge is -2.05. The summed E-state index contributed by atoms with van der Waals surface area (Å²) in [6, 6.07) is 5.96. The Labute approximate surface area is 101 Å². The van der Waals surface area contributed by atoms with E-state index in [-0.39, 0.29) is 5.69 Å². The first-order chi connectivity index (χ1) is 8.15. The van der Waals surface area contributed by atoms with Crippen LogP contribution in [0, 0.1) is 10.1 Å². The zero-order valence-corrected chi connectivity index (χ0v) is 9.87. The Hall–Kier alpha value is -1.68. The Morgan fingerprint density at radius 1 is 1.41 bits per heavy atom. The maximum atomic E-state index is 10.5. The summed E-state index contributed by atoms with van der Waals surface area (Å²) in [7, 11) is 0. The minimum Gasteiger partial charge on any atom is -0.384 e. The van der Waals surface area contributed by atoms with Crippen LogP contribution >= 0.6 is 0 Å². The molecule has 1 atom stereocenters. The molecular formula is C13H17NO3. The van der Waals surface area contributed by atoms with E-state index in [2.05, 4.69) is 6.92 Å². The monoisotopic (exact) mass is 235 g/mol. The van der Waals surface area contributed by atoms with Crippen molar-refractivity contribution in [1.82, 2.24) is 0 Å². The number of aliphatic hydroxyl groups excluding tert-OH is 1. The normalized spacial score (nSPS) is 12.8. The number of nitro benzene ring substituents is 1. The van der Waals surface area contributed by atoms with Crippen LogP contribution in [0.5, 0.6) is 0 Å². The molecule has 4 nitrogen and oxygen atoms in total. The highest BCUT2D eigenvalue weighted by atomic mass is 16.6. The van der Waals surface area contributed by atoms with Gasteiger partial charge in [0.2, 0.25) is 0 Å². The third kappa shape index (κ3) is 4.36. The number of hydrogen-bond donors (Lipinski definition) is 1. The standard InChI is InChI=1S/C13H17NO3/c1-2-3-4-5-6-13(15)11-7-9-12(10-8-11)14(16)17/h5-10,13,15H,2-4H2,1H3/b6-5+. The summed E-state index contributed by atoms with van der Waals surface area (Å²) >= 11 is 0. The van der Waals surface area contributed by atoms with Crippen LogP contribution in [-0.4, -0.2) is 10.0 Å². The topological polar surface area (TPSA) is 63.4 Å². The van der Waals surface area contributed by atoms with Crippen molar-refractivity contribution >= 4 is 5.69 Å². The smallest absolute Gasteiger partial charge is 0.269 e. The van der Waals surface area contributed by atoms with E-state index >= 15 is 0 Å². The van der Waals surface area contributed by atoms with Gasteiger partial charge in [-0.15, -0.1) is 0 Å². The van der Waals surface area contributed by atoms with E-state index in [1.54, 1.807) is 18.2 Å². The number of nitro groups is 1. The molecule has 0 heterocycles. The molecule has 4 heteroatoms. The number of nitrogens with zero attached hydrogens (tertiary/aromatic N) is 1. The van der Waals surface area contributed by atoms with Gasteiger partial charge >= 0.3 is 0 Å². The predicted molar refractivity (Wildman–Crippen MR) is 66.7 cm³/mol. The van der Waals surface area contributed by atoms with Crippen molar-refractivity contribution in [2.24, 2.45) is 0 Å². The van der Waals surface area contributed by atoms with Crippen molar-refractivity contribution in [2.75, 3.05) is 0 Å². The van der Waals surface area contributed by atoms with E-state index in [9.17, 15) is 15.2 Å². The highest BCUT2D eigenvalue weighted by Crippen LogP contribution is 2.18. The van der Waals surface area contributed by atoms with Gasteiger partial charge in [0.15, 0.2) is 0 Å². The van der Waals surface area contributed by atoms with E-state index in [0.29, 0.717) is 5.56 Å². The SMILES string of the molecule is CCCC/C=C/C(O)c1ccc([N+](=O)[O-])cc1. The second-order valence-corrected chi connectivity index (χ2v) is 3.86. The number of benzene rings is 1. The molecule has 17 heavy (non-hydrogen) atoms. The lowest BCUT2D eigenvalue weighted by atomic mass is 10.1. The van der Waals surface area contributed by atoms with Crippen molar-refractivity contribution in [3.05, 3.63) is 52.1 Å². The molecule has 0 aliphatic rings. The van der Waals surface area contributed by atoms with Crippen LogP contribution < -0.4 is 0 Å². The van der Waals surface area contributed by atoms with Crippen molar-refractivity contribution in [3.8, 4) is 0 Å². The number of non-ortho nitro benzene ring substituents is 1. The fourth-order valence-corrected chi connectivity index (χ4v) is 1.45. The van der Waals surface area contributed by atoms with Gasteiger partial charge in [0.05, 0.1) is 11.0 Å². The highest BCUT2D eigenvalue weighted by Gasteiger charge is 2.07. The molecule has 0 spiro atoms. The molecule has 1 N–H and O–H groups in total. The molecule has 0 radical (unpaired) electrons. The average Bonchev–Trinajstić information content (AvgIpc) is 2.34. The molecule has 1 aromatic rings. The van der Waals surface area contributed by atoms with Gasteiger partial charge in [-0.2, -0.15) is 0 Å². The largest absolute Gasteiger partial charge is 0.384 e. The minimum atomic E-state index is -0.687. The lowest BCUT2D eigenvalue weighted by molar-refractivity contribution is -0.384. The Morgan fingerprint density at radius 2 is 2.06 bits per heavy atom. The van der Waals surface area contributed by atoms with Crippen molar-refractivity contribution in [1.29, 1.82) is 0 Å². The average molecular weight is 235 g/mol. The molecule has 0 bridgehead atoms. The molecule has 0 aromatic heterocycles. The zero-order chi connectivity index (χ0) is 12.7. The summed E-state index contributed by atoms with van der Waals surface area (Å²) < 4.78 is 0. The van der Waals surface area contributed by atoms with Crippen LogP contribution in [-0.2, 0) is 0 Å². The van der Waals surface area contributed by atoms with Crippen LogP contribution in [0.25, 0.3) is 0 Å². The molecule has 0 saturated heterocycles. The van der Waals surface area contributed by atoms with Crippen LogP contribution in [0.4, 0.5) is 5.69 Å². The summed E-state index contributed by atoms with van der Waals surface area (Å²) in [5, 5.41) is 20.2. The molecule has 1 rings (SSSR count). The van der Waals surface area contributed by atoms with Crippen LogP contribution in [0.1, 0.15) is 37.9 Å². The summed E-state index contributed by atoms with van der Waals surface area (Å²) in [6.07, 6.45) is 6.14. The van der Waals surface area contributed by atoms with Crippen molar-refractivity contribution < 1.29 is 10.0 Å². The van der Waals surface area contributed by atoms with Gasteiger partial charge in [0.1, 0.15) is 0 Å². The molecule has 0 aliphatic heterocycles. The summed E-state index contributed by atoms with van der Waals surface area (Å²) in [4.78, 5) is 10.0. The molecule has 1 unspecified atom stereocenters. The Bertz CT molecular complexity index is 384. The maximum Gasteiger partial charge on any atom is 0.269 e. The Balaban J connectivity index is 2.60. The summed E-state index contributed by atoms with van der Waals surface area (Å²) in [6.45, 7) is 2.11. The third-order valence-electron chi connectivity index (χ3n) is 2.49. The van der Waals surface area contributed by atoms with Gasteiger partial charge in [-0.05, 0) is 24.1 Å². The van der Waals surface area contributed by atoms with Crippen molar-refractivity contribution in [2.45, 2.75) is 32.3 Å². The van der Waals surface area contributed by atoms with Crippen LogP contribution in [0.3, 0.4) is 0 Å². The van der Waals surface area contributed by atoms with E-state index in [1.165, 1.54) is 12.1 Å². The number of aliphatic hydroxyl groups is 1. The summed E-state index contributed by atoms with van der Waals surface area (Å²) in [5.74, 6) is 0. The number of hydrogen-bond acceptors (Lipinski definition) is 3. The number of allylic oxidation sites excluding steroid dienone is 1. The van der Waals surface area contributed by atoms with E-state index in [0.717, 1.165) is 19.3 Å². The molecule has 0 aliphatic carbocycles.